The monoisotopic (exact) mass is 450 g/mol. The number of nitrogens with zero attached hydrogens (tertiary/aromatic N) is 3. The highest BCUT2D eigenvalue weighted by atomic mass is 32.2. The maximum atomic E-state index is 13.2. The molecular weight excluding hydrogens is 438 g/mol. The van der Waals surface area contributed by atoms with Crippen molar-refractivity contribution in [3.63, 3.8) is 0 Å². The highest BCUT2D eigenvalue weighted by Crippen LogP contribution is 2.36. The number of rotatable bonds is 5. The van der Waals surface area contributed by atoms with Gasteiger partial charge in [0.25, 0.3) is 0 Å². The largest absolute Gasteiger partial charge is 0.420 e. The molecule has 160 valence electrons. The van der Waals surface area contributed by atoms with Crippen LogP contribution in [0.4, 0.5) is 26.3 Å². The van der Waals surface area contributed by atoms with Gasteiger partial charge in [0.15, 0.2) is 9.84 Å². The fourth-order valence-electron chi connectivity index (χ4n) is 2.53. The number of hydrogen-bond donors (Lipinski definition) is 1. The van der Waals surface area contributed by atoms with Crippen LogP contribution >= 0.6 is 0 Å². The third kappa shape index (κ3) is 4.76. The lowest BCUT2D eigenvalue weighted by molar-refractivity contribution is -0.140. The molecule has 1 heterocycles. The van der Waals surface area contributed by atoms with Crippen molar-refractivity contribution in [1.82, 2.24) is 9.97 Å². The molecule has 2 aromatic rings. The van der Waals surface area contributed by atoms with Crippen molar-refractivity contribution >= 4 is 15.5 Å². The molecule has 0 amide bonds. The van der Waals surface area contributed by atoms with Crippen molar-refractivity contribution in [1.29, 1.82) is 10.7 Å². The lowest BCUT2D eigenvalue weighted by atomic mass is 10.1. The summed E-state index contributed by atoms with van der Waals surface area (Å²) in [5.41, 5.74) is -4.82. The van der Waals surface area contributed by atoms with Crippen molar-refractivity contribution in [3.8, 4) is 6.07 Å². The summed E-state index contributed by atoms with van der Waals surface area (Å²) in [5.74, 6) is -0.680. The molecule has 1 N–H and O–H groups in total. The van der Waals surface area contributed by atoms with E-state index in [4.69, 9.17) is 10.7 Å². The minimum Gasteiger partial charge on any atom is -0.303 e. The molecule has 0 unspecified atom stereocenters. The molecule has 0 aliphatic heterocycles. The summed E-state index contributed by atoms with van der Waals surface area (Å²) in [4.78, 5) is 5.47. The number of sulfone groups is 1. The quantitative estimate of drug-likeness (QED) is 0.547. The van der Waals surface area contributed by atoms with E-state index >= 15 is 0 Å². The highest BCUT2D eigenvalue weighted by Gasteiger charge is 2.40. The third-order valence-corrected chi connectivity index (χ3v) is 6.20. The number of aromatic nitrogens is 2. The van der Waals surface area contributed by atoms with Gasteiger partial charge in [-0.3, -0.25) is 0 Å². The van der Waals surface area contributed by atoms with Crippen LogP contribution in [0.15, 0.2) is 35.4 Å². The minimum atomic E-state index is -5.00. The van der Waals surface area contributed by atoms with Crippen molar-refractivity contribution in [2.75, 3.05) is 0 Å². The number of nitriles is 1. The fourth-order valence-corrected chi connectivity index (χ4v) is 4.11. The molecule has 0 spiro atoms. The summed E-state index contributed by atoms with van der Waals surface area (Å²) in [6.45, 7) is 0.969. The summed E-state index contributed by atoms with van der Waals surface area (Å²) in [7, 11) is -4.67. The van der Waals surface area contributed by atoms with Crippen molar-refractivity contribution < 1.29 is 34.8 Å². The van der Waals surface area contributed by atoms with Gasteiger partial charge in [-0.05, 0) is 19.1 Å². The Balaban J connectivity index is 2.46. The second-order valence-electron chi connectivity index (χ2n) is 6.10. The topological polar surface area (TPSA) is 108 Å². The Labute approximate surface area is 166 Å². The van der Waals surface area contributed by atoms with Crippen LogP contribution in [0.3, 0.4) is 0 Å². The second-order valence-corrected chi connectivity index (χ2v) is 8.43. The number of benzene rings is 1. The molecule has 0 aliphatic carbocycles. The molecule has 0 fully saturated rings. The predicted molar refractivity (Wildman–Crippen MR) is 91.3 cm³/mol. The third-order valence-electron chi connectivity index (χ3n) is 4.00. The Morgan fingerprint density at radius 3 is 2.23 bits per heavy atom. The zero-order valence-corrected chi connectivity index (χ0v) is 15.8. The molecule has 0 radical (unpaired) electrons. The maximum absolute atomic E-state index is 13.2. The van der Waals surface area contributed by atoms with Gasteiger partial charge in [-0.2, -0.15) is 31.6 Å². The Morgan fingerprint density at radius 1 is 1.13 bits per heavy atom. The first-order chi connectivity index (χ1) is 13.7. The summed E-state index contributed by atoms with van der Waals surface area (Å²) < 4.78 is 104. The number of hydrogen-bond acceptors (Lipinski definition) is 6. The van der Waals surface area contributed by atoms with Crippen LogP contribution < -0.4 is 0 Å². The number of alkyl halides is 6. The number of halogens is 6. The standard InChI is InChI=1S/C17H12F6N4O2S/c1-9(30(28,29)13-5-3-2-4-10(13)16(18,19)20)6-12(25)15-11(17(21,22)23)8-26-14(7-24)27-15/h2-5,8-9,25H,6H2,1H3/t9-/m0/s1. The molecule has 1 atom stereocenters. The van der Waals surface area contributed by atoms with Gasteiger partial charge in [0, 0.05) is 12.6 Å². The van der Waals surface area contributed by atoms with Crippen LogP contribution in [0, 0.1) is 16.7 Å². The second kappa shape index (κ2) is 8.02. The van der Waals surface area contributed by atoms with E-state index in [2.05, 4.69) is 9.97 Å². The molecule has 0 bridgehead atoms. The zero-order valence-electron chi connectivity index (χ0n) is 15.0. The number of nitrogens with one attached hydrogen (secondary N) is 1. The van der Waals surface area contributed by atoms with E-state index in [0.29, 0.717) is 6.07 Å². The van der Waals surface area contributed by atoms with E-state index in [1.54, 1.807) is 0 Å². The summed E-state index contributed by atoms with van der Waals surface area (Å²) in [6, 6.07) is 4.77. The van der Waals surface area contributed by atoms with Crippen LogP contribution in [0.5, 0.6) is 0 Å². The van der Waals surface area contributed by atoms with E-state index in [1.807, 2.05) is 0 Å². The smallest absolute Gasteiger partial charge is 0.303 e. The molecule has 1 aromatic heterocycles. The molecule has 13 heteroatoms. The van der Waals surface area contributed by atoms with Gasteiger partial charge in [0.05, 0.1) is 21.4 Å². The van der Waals surface area contributed by atoms with Gasteiger partial charge in [0.1, 0.15) is 17.3 Å². The van der Waals surface area contributed by atoms with E-state index in [-0.39, 0.29) is 6.20 Å². The van der Waals surface area contributed by atoms with Gasteiger partial charge < -0.3 is 5.41 Å². The Hall–Kier alpha value is -3.01. The first kappa shape index (κ1) is 23.3. The molecule has 2 rings (SSSR count). The van der Waals surface area contributed by atoms with Crippen LogP contribution in [0.2, 0.25) is 0 Å². The van der Waals surface area contributed by atoms with Crippen molar-refractivity contribution in [2.45, 2.75) is 35.8 Å². The summed E-state index contributed by atoms with van der Waals surface area (Å²) >= 11 is 0. The molecule has 6 nitrogen and oxygen atoms in total. The van der Waals surface area contributed by atoms with Crippen LogP contribution in [-0.2, 0) is 22.2 Å². The van der Waals surface area contributed by atoms with Crippen molar-refractivity contribution in [2.24, 2.45) is 0 Å². The predicted octanol–water partition coefficient (Wildman–Crippen LogP) is 4.01. The van der Waals surface area contributed by atoms with Gasteiger partial charge in [-0.15, -0.1) is 0 Å². The van der Waals surface area contributed by atoms with E-state index in [0.717, 1.165) is 25.1 Å². The van der Waals surface area contributed by atoms with Crippen LogP contribution in [0.1, 0.15) is 36.0 Å². The van der Waals surface area contributed by atoms with Gasteiger partial charge >= 0.3 is 12.4 Å². The minimum absolute atomic E-state index is 0.285. The van der Waals surface area contributed by atoms with E-state index in [1.165, 1.54) is 6.07 Å². The SMILES string of the molecule is C[C@@H](CC(=N)c1nc(C#N)ncc1C(F)(F)F)S(=O)(=O)c1ccccc1C(F)(F)F. The van der Waals surface area contributed by atoms with Crippen LogP contribution in [0.25, 0.3) is 0 Å². The molecule has 0 saturated carbocycles. The molecule has 0 saturated heterocycles. The van der Waals surface area contributed by atoms with E-state index in [9.17, 15) is 34.8 Å². The highest BCUT2D eigenvalue weighted by molar-refractivity contribution is 7.92. The first-order valence-corrected chi connectivity index (χ1v) is 9.56. The average Bonchev–Trinajstić information content (AvgIpc) is 2.65. The van der Waals surface area contributed by atoms with Crippen LogP contribution in [-0.4, -0.2) is 29.3 Å². The van der Waals surface area contributed by atoms with Gasteiger partial charge in [-0.1, -0.05) is 12.1 Å². The lowest BCUT2D eigenvalue weighted by Crippen LogP contribution is -2.26. The lowest BCUT2D eigenvalue weighted by Gasteiger charge is -2.18. The van der Waals surface area contributed by atoms with Gasteiger partial charge in [0.2, 0.25) is 5.82 Å². The van der Waals surface area contributed by atoms with E-state index < -0.39 is 67.1 Å². The normalized spacial score (nSPS) is 13.5. The Morgan fingerprint density at radius 2 is 1.70 bits per heavy atom. The molecule has 30 heavy (non-hydrogen) atoms. The average molecular weight is 450 g/mol. The van der Waals surface area contributed by atoms with Gasteiger partial charge in [-0.25, -0.2) is 18.4 Å². The van der Waals surface area contributed by atoms with Crippen molar-refractivity contribution in [3.05, 3.63) is 53.1 Å². The zero-order chi connectivity index (χ0) is 22.9. The Kier molecular flexibility index (Phi) is 6.22. The summed E-state index contributed by atoms with van der Waals surface area (Å²) in [6.07, 6.45) is -10.6. The first-order valence-electron chi connectivity index (χ1n) is 8.01. The molecule has 0 aliphatic rings. The fraction of sp³-hybridized carbons (Fsp3) is 0.294. The summed E-state index contributed by atoms with van der Waals surface area (Å²) in [5, 5.41) is 15.0. The molecular formula is C17H12F6N4O2S. The molecule has 1 aromatic carbocycles. The maximum Gasteiger partial charge on any atom is 0.420 e. The Bertz CT molecular complexity index is 1120.